The molecular weight excluding hydrogens is 246 g/mol. The van der Waals surface area contributed by atoms with E-state index < -0.39 is 0 Å². The van der Waals surface area contributed by atoms with Crippen LogP contribution in [0.5, 0.6) is 5.75 Å². The van der Waals surface area contributed by atoms with Gasteiger partial charge in [-0.05, 0) is 43.0 Å². The second-order valence-electron chi connectivity index (χ2n) is 5.37. The molecule has 1 fully saturated rings. The molecule has 0 aliphatic carbocycles. The van der Waals surface area contributed by atoms with Crippen LogP contribution in [-0.4, -0.2) is 19.7 Å². The van der Waals surface area contributed by atoms with Gasteiger partial charge in [0.15, 0.2) is 0 Å². The van der Waals surface area contributed by atoms with Crippen molar-refractivity contribution in [3.05, 3.63) is 28.8 Å². The summed E-state index contributed by atoms with van der Waals surface area (Å²) in [5, 5.41) is 4.12. The smallest absolute Gasteiger partial charge is 0.137 e. The molecule has 1 saturated heterocycles. The van der Waals surface area contributed by atoms with E-state index in [0.29, 0.717) is 11.8 Å². The topological polar surface area (TPSA) is 21.3 Å². The van der Waals surface area contributed by atoms with Crippen LogP contribution >= 0.6 is 11.6 Å². The Bertz CT molecular complexity index is 386. The summed E-state index contributed by atoms with van der Waals surface area (Å²) < 4.78 is 5.84. The van der Waals surface area contributed by atoms with Crippen LogP contribution in [0.4, 0.5) is 0 Å². The zero-order valence-electron chi connectivity index (χ0n) is 11.2. The largest absolute Gasteiger partial charge is 0.492 e. The number of rotatable bonds is 4. The second kappa shape index (κ2) is 6.44. The molecule has 2 rings (SSSR count). The first-order valence-corrected chi connectivity index (χ1v) is 7.17. The summed E-state index contributed by atoms with van der Waals surface area (Å²) in [7, 11) is 0. The van der Waals surface area contributed by atoms with Gasteiger partial charge in [0.1, 0.15) is 5.75 Å². The number of piperidine rings is 1. The minimum Gasteiger partial charge on any atom is -0.492 e. The summed E-state index contributed by atoms with van der Waals surface area (Å²) in [5.41, 5.74) is 1.26. The molecule has 0 amide bonds. The number of ether oxygens (including phenoxy) is 1. The average Bonchev–Trinajstić information content (AvgIpc) is 2.38. The van der Waals surface area contributed by atoms with Crippen LogP contribution in [0.3, 0.4) is 0 Å². The zero-order chi connectivity index (χ0) is 13.0. The first-order valence-electron chi connectivity index (χ1n) is 6.80. The van der Waals surface area contributed by atoms with Crippen molar-refractivity contribution in [2.75, 3.05) is 19.7 Å². The maximum absolute atomic E-state index is 6.25. The van der Waals surface area contributed by atoms with Gasteiger partial charge in [0.2, 0.25) is 0 Å². The van der Waals surface area contributed by atoms with Crippen molar-refractivity contribution in [2.24, 2.45) is 5.92 Å². The summed E-state index contributed by atoms with van der Waals surface area (Å²) in [4.78, 5) is 0. The molecule has 1 aromatic rings. The fourth-order valence-electron chi connectivity index (χ4n) is 2.27. The van der Waals surface area contributed by atoms with Gasteiger partial charge in [-0.2, -0.15) is 0 Å². The van der Waals surface area contributed by atoms with Crippen molar-refractivity contribution in [3.8, 4) is 5.75 Å². The molecule has 0 bridgehead atoms. The summed E-state index contributed by atoms with van der Waals surface area (Å²) >= 11 is 6.25. The number of benzene rings is 1. The highest BCUT2D eigenvalue weighted by Gasteiger charge is 2.14. The first-order chi connectivity index (χ1) is 8.66. The highest BCUT2D eigenvalue weighted by Crippen LogP contribution is 2.29. The van der Waals surface area contributed by atoms with E-state index >= 15 is 0 Å². The molecule has 0 aromatic heterocycles. The molecule has 1 aliphatic rings. The van der Waals surface area contributed by atoms with Crippen LogP contribution < -0.4 is 10.1 Å². The third kappa shape index (κ3) is 3.63. The van der Waals surface area contributed by atoms with Crippen molar-refractivity contribution in [1.82, 2.24) is 5.32 Å². The fourth-order valence-corrected chi connectivity index (χ4v) is 2.51. The van der Waals surface area contributed by atoms with E-state index in [1.807, 2.05) is 12.1 Å². The number of hydrogen-bond acceptors (Lipinski definition) is 2. The molecule has 1 aromatic carbocycles. The lowest BCUT2D eigenvalue weighted by atomic mass is 10.0. The predicted molar refractivity (Wildman–Crippen MR) is 76.6 cm³/mol. The second-order valence-corrected chi connectivity index (χ2v) is 5.78. The molecular formula is C15H22ClNO. The summed E-state index contributed by atoms with van der Waals surface area (Å²) in [6.07, 6.45) is 2.49. The van der Waals surface area contributed by atoms with Crippen molar-refractivity contribution in [1.29, 1.82) is 0 Å². The Morgan fingerprint density at radius 3 is 2.89 bits per heavy atom. The van der Waals surface area contributed by atoms with Crippen molar-refractivity contribution < 1.29 is 4.74 Å². The Morgan fingerprint density at radius 1 is 1.44 bits per heavy atom. The maximum atomic E-state index is 6.25. The van der Waals surface area contributed by atoms with Crippen LogP contribution in [0.15, 0.2) is 18.2 Å². The van der Waals surface area contributed by atoms with E-state index in [4.69, 9.17) is 16.3 Å². The van der Waals surface area contributed by atoms with Gasteiger partial charge >= 0.3 is 0 Å². The summed E-state index contributed by atoms with van der Waals surface area (Å²) in [5.74, 6) is 1.92. The highest BCUT2D eigenvalue weighted by molar-refractivity contribution is 6.32. The van der Waals surface area contributed by atoms with E-state index in [0.717, 1.165) is 30.5 Å². The van der Waals surface area contributed by atoms with E-state index in [9.17, 15) is 0 Å². The lowest BCUT2D eigenvalue weighted by Crippen LogP contribution is -2.33. The van der Waals surface area contributed by atoms with E-state index in [1.165, 1.54) is 18.4 Å². The van der Waals surface area contributed by atoms with Crippen molar-refractivity contribution >= 4 is 11.6 Å². The molecule has 0 saturated carbocycles. The number of nitrogens with one attached hydrogen (secondary N) is 1. The molecule has 3 heteroatoms. The average molecular weight is 268 g/mol. The van der Waals surface area contributed by atoms with Crippen LogP contribution in [0, 0.1) is 5.92 Å². The van der Waals surface area contributed by atoms with Gasteiger partial charge in [-0.1, -0.05) is 31.5 Å². The highest BCUT2D eigenvalue weighted by atomic mass is 35.5. The van der Waals surface area contributed by atoms with Crippen LogP contribution in [0.25, 0.3) is 0 Å². The van der Waals surface area contributed by atoms with Gasteiger partial charge < -0.3 is 10.1 Å². The summed E-state index contributed by atoms with van der Waals surface area (Å²) in [6.45, 7) is 7.29. The van der Waals surface area contributed by atoms with Gasteiger partial charge in [0.05, 0.1) is 11.6 Å². The Morgan fingerprint density at radius 2 is 2.28 bits per heavy atom. The van der Waals surface area contributed by atoms with Gasteiger partial charge in [-0.3, -0.25) is 0 Å². The van der Waals surface area contributed by atoms with Gasteiger partial charge in [-0.25, -0.2) is 0 Å². The monoisotopic (exact) mass is 267 g/mol. The molecule has 0 unspecified atom stereocenters. The first kappa shape index (κ1) is 13.7. The molecule has 18 heavy (non-hydrogen) atoms. The normalized spacial score (nSPS) is 20.1. The zero-order valence-corrected chi connectivity index (χ0v) is 12.0. The SMILES string of the molecule is CC(C)c1ccc(OC[C@H]2CCCNC2)c(Cl)c1. The molecule has 100 valence electrons. The van der Waals surface area contributed by atoms with Gasteiger partial charge in [-0.15, -0.1) is 0 Å². The number of halogens is 1. The lowest BCUT2D eigenvalue weighted by molar-refractivity contribution is 0.218. The quantitative estimate of drug-likeness (QED) is 0.895. The van der Waals surface area contributed by atoms with Crippen LogP contribution in [-0.2, 0) is 0 Å². The van der Waals surface area contributed by atoms with Crippen LogP contribution in [0.2, 0.25) is 5.02 Å². The molecule has 2 nitrogen and oxygen atoms in total. The standard InChI is InChI=1S/C15H22ClNO/c1-11(2)13-5-6-15(14(16)8-13)18-10-12-4-3-7-17-9-12/h5-6,8,11-12,17H,3-4,7,9-10H2,1-2H3/t12-/m0/s1. The third-order valence-electron chi connectivity index (χ3n) is 3.50. The molecule has 0 spiro atoms. The predicted octanol–water partition coefficient (Wildman–Crippen LogP) is 3.84. The van der Waals surface area contributed by atoms with E-state index in [-0.39, 0.29) is 0 Å². The fraction of sp³-hybridized carbons (Fsp3) is 0.600. The Balaban J connectivity index is 1.92. The lowest BCUT2D eigenvalue weighted by Gasteiger charge is -2.23. The Labute approximate surface area is 115 Å². The molecule has 1 N–H and O–H groups in total. The van der Waals surface area contributed by atoms with Gasteiger partial charge in [0, 0.05) is 12.5 Å². The van der Waals surface area contributed by atoms with Crippen LogP contribution in [0.1, 0.15) is 38.2 Å². The molecule has 1 aliphatic heterocycles. The van der Waals surface area contributed by atoms with E-state index in [1.54, 1.807) is 0 Å². The van der Waals surface area contributed by atoms with Crippen molar-refractivity contribution in [3.63, 3.8) is 0 Å². The van der Waals surface area contributed by atoms with Crippen molar-refractivity contribution in [2.45, 2.75) is 32.6 Å². The van der Waals surface area contributed by atoms with Gasteiger partial charge in [0.25, 0.3) is 0 Å². The molecule has 1 heterocycles. The Hall–Kier alpha value is -0.730. The summed E-state index contributed by atoms with van der Waals surface area (Å²) in [6, 6.07) is 6.11. The molecule has 1 atom stereocenters. The molecule has 0 radical (unpaired) electrons. The maximum Gasteiger partial charge on any atom is 0.137 e. The van der Waals surface area contributed by atoms with E-state index in [2.05, 4.69) is 25.2 Å². The third-order valence-corrected chi connectivity index (χ3v) is 3.79. The Kier molecular flexibility index (Phi) is 4.90. The number of hydrogen-bond donors (Lipinski definition) is 1. The minimum absolute atomic E-state index is 0.499. The minimum atomic E-state index is 0.499.